The fraction of sp³-hybridized carbons (Fsp3) is 0.200. The number of anilines is 1. The Bertz CT molecular complexity index is 1440. The van der Waals surface area contributed by atoms with Crippen molar-refractivity contribution in [3.05, 3.63) is 102 Å². The van der Waals surface area contributed by atoms with E-state index >= 15 is 0 Å². The van der Waals surface area contributed by atoms with Gasteiger partial charge in [-0.05, 0) is 55.0 Å². The maximum Gasteiger partial charge on any atom is 0.280 e. The molecule has 0 aliphatic carbocycles. The number of Topliss-reactive ketones (excluding diaryl/α,β-unsaturated/α-hetero) is 1. The van der Waals surface area contributed by atoms with E-state index in [1.807, 2.05) is 55.7 Å². The minimum Gasteiger partial charge on any atom is -0.457 e. The van der Waals surface area contributed by atoms with Crippen LogP contribution in [0, 0.1) is 0 Å². The summed E-state index contributed by atoms with van der Waals surface area (Å²) in [4.78, 5) is 25.1. The van der Waals surface area contributed by atoms with Gasteiger partial charge >= 0.3 is 0 Å². The Hall–Kier alpha value is -4.52. The molecule has 0 saturated carbocycles. The van der Waals surface area contributed by atoms with E-state index in [9.17, 15) is 9.59 Å². The van der Waals surface area contributed by atoms with Gasteiger partial charge in [-0.15, -0.1) is 0 Å². The topological polar surface area (TPSA) is 80.7 Å². The number of furan rings is 1. The van der Waals surface area contributed by atoms with Crippen LogP contribution in [0.5, 0.6) is 0 Å². The molecule has 2 aromatic carbocycles. The third kappa shape index (κ3) is 6.01. The molecular formula is C30H30N4O3. The summed E-state index contributed by atoms with van der Waals surface area (Å²) in [6.07, 6.45) is 7.07. The third-order valence-corrected chi connectivity index (χ3v) is 5.59. The molecule has 0 spiro atoms. The molecule has 188 valence electrons. The van der Waals surface area contributed by atoms with Crippen LogP contribution in [0.2, 0.25) is 0 Å². The normalized spacial score (nSPS) is 13.9. The van der Waals surface area contributed by atoms with Crippen LogP contribution >= 0.6 is 0 Å². The van der Waals surface area contributed by atoms with E-state index < -0.39 is 0 Å². The first-order valence-corrected chi connectivity index (χ1v) is 12.3. The van der Waals surface area contributed by atoms with Gasteiger partial charge < -0.3 is 4.42 Å². The minimum absolute atomic E-state index is 0.0320. The van der Waals surface area contributed by atoms with Crippen LogP contribution in [-0.2, 0) is 18.3 Å². The Morgan fingerprint density at radius 3 is 2.32 bits per heavy atom. The van der Waals surface area contributed by atoms with Crippen LogP contribution in [0.3, 0.4) is 0 Å². The quantitative estimate of drug-likeness (QED) is 0.232. The van der Waals surface area contributed by atoms with Gasteiger partial charge in [0.2, 0.25) is 0 Å². The van der Waals surface area contributed by atoms with Crippen molar-refractivity contribution in [3.8, 4) is 11.3 Å². The molecule has 1 aliphatic heterocycles. The number of carbonyl (C=O) groups excluding carboxylic acids is 2. The zero-order valence-corrected chi connectivity index (χ0v) is 21.5. The minimum atomic E-state index is -0.249. The van der Waals surface area contributed by atoms with E-state index in [0.29, 0.717) is 40.5 Å². The van der Waals surface area contributed by atoms with Gasteiger partial charge in [0.15, 0.2) is 5.78 Å². The van der Waals surface area contributed by atoms with Crippen molar-refractivity contribution in [2.24, 2.45) is 12.1 Å². The second kappa shape index (κ2) is 11.5. The summed E-state index contributed by atoms with van der Waals surface area (Å²) >= 11 is 0. The van der Waals surface area contributed by atoms with E-state index in [2.05, 4.69) is 24.0 Å². The first-order chi connectivity index (χ1) is 17.9. The molecule has 7 heteroatoms. The highest BCUT2D eigenvalue weighted by Gasteiger charge is 2.31. The predicted molar refractivity (Wildman–Crippen MR) is 146 cm³/mol. The van der Waals surface area contributed by atoms with Gasteiger partial charge in [-0.2, -0.15) is 15.2 Å². The van der Waals surface area contributed by atoms with Crippen molar-refractivity contribution in [1.82, 2.24) is 9.78 Å². The summed E-state index contributed by atoms with van der Waals surface area (Å²) in [5, 5.41) is 10.2. The second-order valence-electron chi connectivity index (χ2n) is 8.80. The molecular weight excluding hydrogens is 464 g/mol. The number of amides is 1. The molecule has 5 rings (SSSR count). The summed E-state index contributed by atoms with van der Waals surface area (Å²) in [5.74, 6) is 0.941. The van der Waals surface area contributed by atoms with E-state index in [0.717, 1.165) is 11.1 Å². The maximum absolute atomic E-state index is 13.4. The van der Waals surface area contributed by atoms with Gasteiger partial charge in [-0.1, -0.05) is 50.6 Å². The average Bonchev–Trinajstić information content (AvgIpc) is 3.61. The summed E-state index contributed by atoms with van der Waals surface area (Å²) in [6, 6.07) is 20.4. The maximum atomic E-state index is 13.4. The third-order valence-electron chi connectivity index (χ3n) is 5.59. The summed E-state index contributed by atoms with van der Waals surface area (Å²) in [5.41, 5.74) is 4.19. The largest absolute Gasteiger partial charge is 0.457 e. The number of benzene rings is 2. The first kappa shape index (κ1) is 25.6. The Balaban J connectivity index is 0.00000102. The molecule has 37 heavy (non-hydrogen) atoms. The standard InChI is InChI=1S/C27H22N4O3.C3H8/c1-18(32)20-8-10-22(11-9-20)31-27(33)24(25(29-31)14-19-6-4-3-5-7-19)15-23-12-13-26(34-23)21-16-28-30(2)17-21;1-3-2/h3-13,15-17H,14H2,1-2H3;3H2,1-2H3/b24-15-;. The molecule has 1 aliphatic rings. The average molecular weight is 495 g/mol. The lowest BCUT2D eigenvalue weighted by Gasteiger charge is -2.11. The van der Waals surface area contributed by atoms with Crippen molar-refractivity contribution in [2.75, 3.05) is 5.01 Å². The molecule has 0 atom stereocenters. The Morgan fingerprint density at radius 2 is 1.70 bits per heavy atom. The van der Waals surface area contributed by atoms with E-state index in [-0.39, 0.29) is 11.7 Å². The van der Waals surface area contributed by atoms with E-state index in [4.69, 9.17) is 4.42 Å². The van der Waals surface area contributed by atoms with Crippen molar-refractivity contribution in [3.63, 3.8) is 0 Å². The Labute approximate surface area is 216 Å². The fourth-order valence-corrected chi connectivity index (χ4v) is 3.81. The summed E-state index contributed by atoms with van der Waals surface area (Å²) in [6.45, 7) is 5.76. The van der Waals surface area contributed by atoms with Crippen molar-refractivity contribution in [1.29, 1.82) is 0 Å². The zero-order chi connectivity index (χ0) is 26.4. The lowest BCUT2D eigenvalue weighted by atomic mass is 10.0. The Kier molecular flexibility index (Phi) is 7.93. The van der Waals surface area contributed by atoms with Crippen LogP contribution in [0.15, 0.2) is 94.2 Å². The van der Waals surface area contributed by atoms with Gasteiger partial charge in [-0.3, -0.25) is 14.3 Å². The summed E-state index contributed by atoms with van der Waals surface area (Å²) < 4.78 is 7.69. The predicted octanol–water partition coefficient (Wildman–Crippen LogP) is 6.33. The Morgan fingerprint density at radius 1 is 1.00 bits per heavy atom. The smallest absolute Gasteiger partial charge is 0.280 e. The van der Waals surface area contributed by atoms with Crippen LogP contribution in [-0.4, -0.2) is 27.2 Å². The lowest BCUT2D eigenvalue weighted by molar-refractivity contribution is -0.114. The number of hydrogen-bond donors (Lipinski definition) is 0. The van der Waals surface area contributed by atoms with Gasteiger partial charge in [0.25, 0.3) is 5.91 Å². The van der Waals surface area contributed by atoms with Crippen LogP contribution in [0.1, 0.15) is 48.9 Å². The first-order valence-electron chi connectivity index (χ1n) is 12.3. The van der Waals surface area contributed by atoms with Gasteiger partial charge in [0, 0.05) is 25.2 Å². The summed E-state index contributed by atoms with van der Waals surface area (Å²) in [7, 11) is 1.84. The van der Waals surface area contributed by atoms with Gasteiger partial charge in [0.1, 0.15) is 11.5 Å². The molecule has 0 N–H and O–H groups in total. The van der Waals surface area contributed by atoms with Crippen LogP contribution in [0.4, 0.5) is 5.69 Å². The molecule has 2 aromatic heterocycles. The number of hydrogen-bond acceptors (Lipinski definition) is 5. The SMILES string of the molecule is CC(=O)c1ccc(N2N=C(Cc3ccccc3)/C(=C/c3ccc(-c4cnn(C)c4)o3)C2=O)cc1.CCC. The molecule has 7 nitrogen and oxygen atoms in total. The highest BCUT2D eigenvalue weighted by molar-refractivity contribution is 6.33. The van der Waals surface area contributed by atoms with E-state index in [1.165, 1.54) is 18.4 Å². The molecule has 4 aromatic rings. The number of aryl methyl sites for hydroxylation is 1. The molecule has 0 bridgehead atoms. The van der Waals surface area contributed by atoms with Crippen molar-refractivity contribution in [2.45, 2.75) is 33.6 Å². The van der Waals surface area contributed by atoms with Crippen molar-refractivity contribution < 1.29 is 14.0 Å². The number of aromatic nitrogens is 2. The second-order valence-corrected chi connectivity index (χ2v) is 8.80. The highest BCUT2D eigenvalue weighted by atomic mass is 16.3. The van der Waals surface area contributed by atoms with E-state index in [1.54, 1.807) is 41.2 Å². The highest BCUT2D eigenvalue weighted by Crippen LogP contribution is 2.29. The molecule has 0 saturated heterocycles. The molecule has 1 amide bonds. The molecule has 3 heterocycles. The van der Waals surface area contributed by atoms with Gasteiger partial charge in [-0.25, -0.2) is 0 Å². The number of nitrogens with zero attached hydrogens (tertiary/aromatic N) is 4. The number of ketones is 1. The molecule has 0 unspecified atom stereocenters. The number of carbonyl (C=O) groups is 2. The van der Waals surface area contributed by atoms with Crippen LogP contribution in [0.25, 0.3) is 17.4 Å². The zero-order valence-electron chi connectivity index (χ0n) is 21.5. The molecule has 0 fully saturated rings. The number of rotatable bonds is 6. The monoisotopic (exact) mass is 494 g/mol. The van der Waals surface area contributed by atoms with Gasteiger partial charge in [0.05, 0.1) is 28.7 Å². The number of hydrazone groups is 1. The van der Waals surface area contributed by atoms with Crippen LogP contribution < -0.4 is 5.01 Å². The molecule has 0 radical (unpaired) electrons. The fourth-order valence-electron chi connectivity index (χ4n) is 3.81. The van der Waals surface area contributed by atoms with Crippen molar-refractivity contribution >= 4 is 29.2 Å². The lowest BCUT2D eigenvalue weighted by Crippen LogP contribution is -2.21.